The largest absolute Gasteiger partial charge is 0.378 e. The summed E-state index contributed by atoms with van der Waals surface area (Å²) in [6.07, 6.45) is 4.75. The van der Waals surface area contributed by atoms with Crippen LogP contribution < -0.4 is 5.73 Å². The Morgan fingerprint density at radius 3 is 2.71 bits per heavy atom. The van der Waals surface area contributed by atoms with Gasteiger partial charge in [0.05, 0.1) is 6.10 Å². The normalized spacial score (nSPS) is 23.6. The van der Waals surface area contributed by atoms with Crippen LogP contribution in [0.4, 0.5) is 0 Å². The number of ether oxygens (including phenoxy) is 1. The third-order valence-corrected chi connectivity index (χ3v) is 3.77. The van der Waals surface area contributed by atoms with Crippen LogP contribution in [0.3, 0.4) is 0 Å². The van der Waals surface area contributed by atoms with E-state index in [1.807, 2.05) is 24.3 Å². The first-order valence-corrected chi connectivity index (χ1v) is 6.62. The van der Waals surface area contributed by atoms with E-state index in [1.165, 1.54) is 12.8 Å². The van der Waals surface area contributed by atoms with Crippen LogP contribution in [0.25, 0.3) is 0 Å². The fraction of sp³-hybridized carbons (Fsp3) is 0.571. The van der Waals surface area contributed by atoms with Crippen molar-refractivity contribution < 1.29 is 4.74 Å². The van der Waals surface area contributed by atoms with Gasteiger partial charge in [0, 0.05) is 17.2 Å². The van der Waals surface area contributed by atoms with Gasteiger partial charge < -0.3 is 10.5 Å². The van der Waals surface area contributed by atoms with Crippen LogP contribution in [0.2, 0.25) is 5.02 Å². The molecule has 0 aromatic heterocycles. The third kappa shape index (κ3) is 3.44. The zero-order valence-corrected chi connectivity index (χ0v) is 11.0. The van der Waals surface area contributed by atoms with E-state index < -0.39 is 0 Å². The lowest BCUT2D eigenvalue weighted by molar-refractivity contribution is 0.0967. The topological polar surface area (TPSA) is 35.2 Å². The Morgan fingerprint density at radius 1 is 1.41 bits per heavy atom. The standard InChI is InChI=1S/C14H20ClNO/c1-14(16,9-8-13-3-2-10-17-13)11-4-6-12(15)7-5-11/h4-7,13H,2-3,8-10,16H2,1H3. The van der Waals surface area contributed by atoms with E-state index in [4.69, 9.17) is 22.1 Å². The summed E-state index contributed by atoms with van der Waals surface area (Å²) in [5.41, 5.74) is 7.21. The monoisotopic (exact) mass is 253 g/mol. The van der Waals surface area contributed by atoms with Gasteiger partial charge >= 0.3 is 0 Å². The van der Waals surface area contributed by atoms with Crippen LogP contribution in [-0.4, -0.2) is 12.7 Å². The minimum Gasteiger partial charge on any atom is -0.378 e. The summed E-state index contributed by atoms with van der Waals surface area (Å²) < 4.78 is 5.63. The molecular weight excluding hydrogens is 234 g/mol. The van der Waals surface area contributed by atoms with Gasteiger partial charge in [-0.15, -0.1) is 0 Å². The van der Waals surface area contributed by atoms with Crippen molar-refractivity contribution in [2.45, 2.75) is 44.2 Å². The van der Waals surface area contributed by atoms with Gasteiger partial charge in [-0.2, -0.15) is 0 Å². The zero-order chi connectivity index (χ0) is 12.3. The Bertz CT molecular complexity index is 355. The summed E-state index contributed by atoms with van der Waals surface area (Å²) in [5.74, 6) is 0. The summed E-state index contributed by atoms with van der Waals surface area (Å²) >= 11 is 5.88. The molecule has 1 heterocycles. The Labute approximate surface area is 108 Å². The summed E-state index contributed by atoms with van der Waals surface area (Å²) in [6, 6.07) is 7.82. The lowest BCUT2D eigenvalue weighted by atomic mass is 9.87. The van der Waals surface area contributed by atoms with Crippen LogP contribution in [0.5, 0.6) is 0 Å². The van der Waals surface area contributed by atoms with E-state index in [2.05, 4.69) is 6.92 Å². The molecule has 2 nitrogen and oxygen atoms in total. The maximum absolute atomic E-state index is 6.37. The molecule has 0 bridgehead atoms. The van der Waals surface area contributed by atoms with Gasteiger partial charge in [0.25, 0.3) is 0 Å². The number of hydrogen-bond donors (Lipinski definition) is 1. The molecule has 2 N–H and O–H groups in total. The van der Waals surface area contributed by atoms with Gasteiger partial charge in [-0.3, -0.25) is 0 Å². The van der Waals surface area contributed by atoms with Gasteiger partial charge in [0.15, 0.2) is 0 Å². The number of nitrogens with two attached hydrogens (primary N) is 1. The molecule has 3 heteroatoms. The molecule has 1 aromatic carbocycles. The van der Waals surface area contributed by atoms with Crippen molar-refractivity contribution in [3.63, 3.8) is 0 Å². The SMILES string of the molecule is CC(N)(CCC1CCCO1)c1ccc(Cl)cc1. The van der Waals surface area contributed by atoms with Crippen molar-refractivity contribution in [2.24, 2.45) is 5.73 Å². The Balaban J connectivity index is 1.94. The van der Waals surface area contributed by atoms with Gasteiger partial charge in [-0.1, -0.05) is 23.7 Å². The summed E-state index contributed by atoms with van der Waals surface area (Å²) in [6.45, 7) is 2.98. The molecule has 2 unspecified atom stereocenters. The van der Waals surface area contributed by atoms with Crippen molar-refractivity contribution in [1.29, 1.82) is 0 Å². The number of halogens is 1. The van der Waals surface area contributed by atoms with Crippen molar-refractivity contribution in [3.05, 3.63) is 34.9 Å². The quantitative estimate of drug-likeness (QED) is 0.892. The molecule has 2 atom stereocenters. The Hall–Kier alpha value is -0.570. The third-order valence-electron chi connectivity index (χ3n) is 3.51. The predicted octanol–water partition coefficient (Wildman–Crippen LogP) is 3.47. The molecule has 0 saturated carbocycles. The molecule has 94 valence electrons. The fourth-order valence-electron chi connectivity index (χ4n) is 2.31. The van der Waals surface area contributed by atoms with E-state index in [-0.39, 0.29) is 5.54 Å². The maximum atomic E-state index is 6.37. The second kappa shape index (κ2) is 5.38. The Kier molecular flexibility index (Phi) is 4.08. The minimum atomic E-state index is -0.295. The second-order valence-corrected chi connectivity index (χ2v) is 5.53. The molecule has 0 radical (unpaired) electrons. The first-order chi connectivity index (χ1) is 8.08. The highest BCUT2D eigenvalue weighted by Gasteiger charge is 2.24. The molecule has 1 aliphatic rings. The molecule has 1 aromatic rings. The number of hydrogen-bond acceptors (Lipinski definition) is 2. The van der Waals surface area contributed by atoms with E-state index in [9.17, 15) is 0 Å². The van der Waals surface area contributed by atoms with Gasteiger partial charge in [0.2, 0.25) is 0 Å². The van der Waals surface area contributed by atoms with Crippen LogP contribution in [0.15, 0.2) is 24.3 Å². The van der Waals surface area contributed by atoms with Crippen LogP contribution in [-0.2, 0) is 10.3 Å². The Morgan fingerprint density at radius 2 is 2.12 bits per heavy atom. The van der Waals surface area contributed by atoms with Crippen LogP contribution >= 0.6 is 11.6 Å². The lowest BCUT2D eigenvalue weighted by Gasteiger charge is -2.26. The molecule has 1 aliphatic heterocycles. The van der Waals surface area contributed by atoms with Gasteiger partial charge in [0.1, 0.15) is 0 Å². The highest BCUT2D eigenvalue weighted by molar-refractivity contribution is 6.30. The molecule has 2 rings (SSSR count). The number of benzene rings is 1. The first kappa shape index (κ1) is 12.9. The average molecular weight is 254 g/mol. The highest BCUT2D eigenvalue weighted by atomic mass is 35.5. The summed E-state index contributed by atoms with van der Waals surface area (Å²) in [4.78, 5) is 0. The second-order valence-electron chi connectivity index (χ2n) is 5.10. The molecule has 0 amide bonds. The smallest absolute Gasteiger partial charge is 0.0576 e. The average Bonchev–Trinajstić information content (AvgIpc) is 2.80. The van der Waals surface area contributed by atoms with E-state index >= 15 is 0 Å². The van der Waals surface area contributed by atoms with Crippen LogP contribution in [0.1, 0.15) is 38.2 Å². The van der Waals surface area contributed by atoms with E-state index in [0.717, 1.165) is 30.0 Å². The summed E-state index contributed by atoms with van der Waals surface area (Å²) in [5, 5.41) is 0.753. The van der Waals surface area contributed by atoms with Gasteiger partial charge in [-0.25, -0.2) is 0 Å². The van der Waals surface area contributed by atoms with Crippen molar-refractivity contribution >= 4 is 11.6 Å². The highest BCUT2D eigenvalue weighted by Crippen LogP contribution is 2.27. The van der Waals surface area contributed by atoms with Crippen molar-refractivity contribution in [1.82, 2.24) is 0 Å². The molecule has 1 fully saturated rings. The molecule has 0 aliphatic carbocycles. The number of rotatable bonds is 4. The van der Waals surface area contributed by atoms with Crippen molar-refractivity contribution in [2.75, 3.05) is 6.61 Å². The first-order valence-electron chi connectivity index (χ1n) is 6.24. The minimum absolute atomic E-state index is 0.295. The van der Waals surface area contributed by atoms with E-state index in [1.54, 1.807) is 0 Å². The van der Waals surface area contributed by atoms with Gasteiger partial charge in [-0.05, 0) is 50.3 Å². The molecule has 0 spiro atoms. The van der Waals surface area contributed by atoms with E-state index in [0.29, 0.717) is 6.10 Å². The molecule has 17 heavy (non-hydrogen) atoms. The maximum Gasteiger partial charge on any atom is 0.0576 e. The fourth-order valence-corrected chi connectivity index (χ4v) is 2.43. The molecule has 1 saturated heterocycles. The lowest BCUT2D eigenvalue weighted by Crippen LogP contribution is -2.34. The predicted molar refractivity (Wildman–Crippen MR) is 71.2 cm³/mol. The van der Waals surface area contributed by atoms with Crippen LogP contribution in [0, 0.1) is 0 Å². The zero-order valence-electron chi connectivity index (χ0n) is 10.3. The van der Waals surface area contributed by atoms with Crippen molar-refractivity contribution in [3.8, 4) is 0 Å². The molecular formula is C14H20ClNO. The summed E-state index contributed by atoms with van der Waals surface area (Å²) in [7, 11) is 0.